The van der Waals surface area contributed by atoms with Crippen LogP contribution in [0.1, 0.15) is 31.1 Å². The maximum absolute atomic E-state index is 11.6. The standard InChI is InChI=1S/C12H15ClO2/c1-12(2,3)11(13)15-10(14)9-7-5-4-6-8-9/h4-8,11H,1-3H3. The Morgan fingerprint density at radius 2 is 1.80 bits per heavy atom. The number of esters is 1. The molecule has 0 saturated heterocycles. The molecule has 0 aliphatic rings. The Hall–Kier alpha value is -1.02. The molecule has 0 heterocycles. The van der Waals surface area contributed by atoms with Gasteiger partial charge < -0.3 is 4.74 Å². The molecular weight excluding hydrogens is 212 g/mol. The van der Waals surface area contributed by atoms with Gasteiger partial charge in [0.1, 0.15) is 0 Å². The van der Waals surface area contributed by atoms with Crippen molar-refractivity contribution in [2.45, 2.75) is 26.3 Å². The summed E-state index contributed by atoms with van der Waals surface area (Å²) in [5.74, 6) is -0.384. The third-order valence-corrected chi connectivity index (χ3v) is 2.64. The Kier molecular flexibility index (Phi) is 3.75. The highest BCUT2D eigenvalue weighted by molar-refractivity contribution is 6.20. The Morgan fingerprint density at radius 3 is 2.27 bits per heavy atom. The minimum atomic E-state index is -0.620. The van der Waals surface area contributed by atoms with E-state index >= 15 is 0 Å². The van der Waals surface area contributed by atoms with Crippen molar-refractivity contribution >= 4 is 17.6 Å². The van der Waals surface area contributed by atoms with E-state index in [1.165, 1.54) is 0 Å². The number of hydrogen-bond acceptors (Lipinski definition) is 2. The maximum atomic E-state index is 11.6. The predicted molar refractivity (Wildman–Crippen MR) is 61.0 cm³/mol. The smallest absolute Gasteiger partial charge is 0.339 e. The number of hydrogen-bond donors (Lipinski definition) is 0. The Labute approximate surface area is 95.2 Å². The second-order valence-electron chi connectivity index (χ2n) is 4.45. The molecule has 15 heavy (non-hydrogen) atoms. The second kappa shape index (κ2) is 4.67. The number of carbonyl (C=O) groups excluding carboxylic acids is 1. The Balaban J connectivity index is 2.65. The summed E-state index contributed by atoms with van der Waals surface area (Å²) in [5, 5.41) is 0. The molecule has 1 rings (SSSR count). The van der Waals surface area contributed by atoms with E-state index in [4.69, 9.17) is 16.3 Å². The molecule has 0 radical (unpaired) electrons. The van der Waals surface area contributed by atoms with E-state index in [1.54, 1.807) is 24.3 Å². The van der Waals surface area contributed by atoms with E-state index in [0.717, 1.165) is 0 Å². The van der Waals surface area contributed by atoms with Gasteiger partial charge in [0.2, 0.25) is 0 Å². The van der Waals surface area contributed by atoms with Crippen LogP contribution in [0.4, 0.5) is 0 Å². The summed E-state index contributed by atoms with van der Waals surface area (Å²) in [6.07, 6.45) is 0. The molecule has 3 heteroatoms. The van der Waals surface area contributed by atoms with E-state index in [1.807, 2.05) is 26.8 Å². The lowest BCUT2D eigenvalue weighted by Gasteiger charge is -2.24. The van der Waals surface area contributed by atoms with Crippen LogP contribution in [0.2, 0.25) is 0 Å². The van der Waals surface area contributed by atoms with Gasteiger partial charge in [0.25, 0.3) is 0 Å². The summed E-state index contributed by atoms with van der Waals surface area (Å²) in [5.41, 5.74) is -0.357. The fraction of sp³-hybridized carbons (Fsp3) is 0.417. The predicted octanol–water partition coefficient (Wildman–Crippen LogP) is 3.45. The van der Waals surface area contributed by atoms with Gasteiger partial charge >= 0.3 is 5.97 Å². The van der Waals surface area contributed by atoms with Gasteiger partial charge in [-0.25, -0.2) is 4.79 Å². The topological polar surface area (TPSA) is 26.3 Å². The maximum Gasteiger partial charge on any atom is 0.339 e. The monoisotopic (exact) mass is 226 g/mol. The molecule has 1 aromatic rings. The van der Waals surface area contributed by atoms with Crippen LogP contribution in [0, 0.1) is 5.41 Å². The number of alkyl halides is 1. The number of halogens is 1. The van der Waals surface area contributed by atoms with Crippen LogP contribution in [0.15, 0.2) is 30.3 Å². The first-order chi connectivity index (χ1) is 6.91. The first-order valence-electron chi connectivity index (χ1n) is 4.81. The van der Waals surface area contributed by atoms with Gasteiger partial charge in [0.15, 0.2) is 5.56 Å². The number of carbonyl (C=O) groups is 1. The zero-order valence-electron chi connectivity index (χ0n) is 9.16. The zero-order chi connectivity index (χ0) is 11.5. The fourth-order valence-corrected chi connectivity index (χ4v) is 0.994. The minimum Gasteiger partial charge on any atom is -0.442 e. The lowest BCUT2D eigenvalue weighted by Crippen LogP contribution is -2.26. The van der Waals surface area contributed by atoms with Crippen LogP contribution < -0.4 is 0 Å². The van der Waals surface area contributed by atoms with Gasteiger partial charge in [-0.3, -0.25) is 0 Å². The van der Waals surface area contributed by atoms with Gasteiger partial charge in [-0.15, -0.1) is 0 Å². The number of benzene rings is 1. The summed E-state index contributed by atoms with van der Waals surface area (Å²) >= 11 is 5.96. The van der Waals surface area contributed by atoms with Crippen molar-refractivity contribution in [2.24, 2.45) is 5.41 Å². The largest absolute Gasteiger partial charge is 0.442 e. The van der Waals surface area contributed by atoms with Gasteiger partial charge in [-0.2, -0.15) is 0 Å². The summed E-state index contributed by atoms with van der Waals surface area (Å²) in [6.45, 7) is 5.76. The van der Waals surface area contributed by atoms with Gasteiger partial charge in [-0.1, -0.05) is 50.6 Å². The van der Waals surface area contributed by atoms with E-state index in [2.05, 4.69) is 0 Å². The summed E-state index contributed by atoms with van der Waals surface area (Å²) in [6, 6.07) is 8.83. The summed E-state index contributed by atoms with van der Waals surface area (Å²) < 4.78 is 5.13. The third-order valence-electron chi connectivity index (χ3n) is 1.90. The van der Waals surface area contributed by atoms with Crippen LogP contribution in [0.5, 0.6) is 0 Å². The van der Waals surface area contributed by atoms with Gasteiger partial charge in [-0.05, 0) is 12.1 Å². The summed E-state index contributed by atoms with van der Waals surface area (Å²) in [4.78, 5) is 11.6. The van der Waals surface area contributed by atoms with Crippen molar-refractivity contribution in [1.82, 2.24) is 0 Å². The molecule has 0 fully saturated rings. The first-order valence-corrected chi connectivity index (χ1v) is 5.25. The third kappa shape index (κ3) is 3.56. The van der Waals surface area contributed by atoms with Crippen LogP contribution >= 0.6 is 11.6 Å². The number of rotatable bonds is 2. The van der Waals surface area contributed by atoms with E-state index in [-0.39, 0.29) is 11.4 Å². The molecule has 0 aromatic heterocycles. The van der Waals surface area contributed by atoms with Crippen LogP contribution in [0.25, 0.3) is 0 Å². The molecule has 0 bridgehead atoms. The van der Waals surface area contributed by atoms with Crippen molar-refractivity contribution in [2.75, 3.05) is 0 Å². The summed E-state index contributed by atoms with van der Waals surface area (Å²) in [7, 11) is 0. The minimum absolute atomic E-state index is 0.258. The van der Waals surface area contributed by atoms with Gasteiger partial charge in [0, 0.05) is 5.41 Å². The highest BCUT2D eigenvalue weighted by Crippen LogP contribution is 2.26. The normalized spacial score (nSPS) is 13.3. The molecule has 0 spiro atoms. The Morgan fingerprint density at radius 1 is 1.27 bits per heavy atom. The van der Waals surface area contributed by atoms with Gasteiger partial charge in [0.05, 0.1) is 5.56 Å². The van der Waals surface area contributed by atoms with Crippen molar-refractivity contribution < 1.29 is 9.53 Å². The molecule has 1 aromatic carbocycles. The highest BCUT2D eigenvalue weighted by atomic mass is 35.5. The quantitative estimate of drug-likeness (QED) is 0.570. The Bertz CT molecular complexity index is 327. The molecule has 0 aliphatic carbocycles. The molecule has 1 unspecified atom stereocenters. The molecule has 0 aliphatic heterocycles. The molecule has 0 saturated carbocycles. The lowest BCUT2D eigenvalue weighted by molar-refractivity contribution is 0.0252. The number of ether oxygens (including phenoxy) is 1. The van der Waals surface area contributed by atoms with E-state index < -0.39 is 5.56 Å². The van der Waals surface area contributed by atoms with Crippen LogP contribution in [0.3, 0.4) is 0 Å². The SMILES string of the molecule is CC(C)(C)C(Cl)OC(=O)c1ccccc1. The first kappa shape index (κ1) is 12.1. The zero-order valence-corrected chi connectivity index (χ0v) is 9.91. The fourth-order valence-electron chi connectivity index (χ4n) is 0.913. The average molecular weight is 227 g/mol. The van der Waals surface area contributed by atoms with Crippen molar-refractivity contribution in [3.63, 3.8) is 0 Å². The van der Waals surface area contributed by atoms with Crippen LogP contribution in [-0.2, 0) is 4.74 Å². The van der Waals surface area contributed by atoms with Crippen molar-refractivity contribution in [1.29, 1.82) is 0 Å². The molecule has 1 atom stereocenters. The van der Waals surface area contributed by atoms with E-state index in [9.17, 15) is 4.79 Å². The lowest BCUT2D eigenvalue weighted by atomic mass is 9.98. The molecule has 82 valence electrons. The molecule has 0 amide bonds. The van der Waals surface area contributed by atoms with E-state index in [0.29, 0.717) is 5.56 Å². The van der Waals surface area contributed by atoms with Crippen molar-refractivity contribution in [3.8, 4) is 0 Å². The molecular formula is C12H15ClO2. The highest BCUT2D eigenvalue weighted by Gasteiger charge is 2.26. The van der Waals surface area contributed by atoms with Crippen LogP contribution in [-0.4, -0.2) is 11.5 Å². The molecule has 0 N–H and O–H groups in total. The second-order valence-corrected chi connectivity index (χ2v) is 4.85. The van der Waals surface area contributed by atoms with Crippen molar-refractivity contribution in [3.05, 3.63) is 35.9 Å². The molecule has 2 nitrogen and oxygen atoms in total. The average Bonchev–Trinajstić information content (AvgIpc) is 2.17.